The van der Waals surface area contributed by atoms with E-state index in [1.165, 1.54) is 12.1 Å². The quantitative estimate of drug-likeness (QED) is 0.573. The monoisotopic (exact) mass is 253 g/mol. The highest BCUT2D eigenvalue weighted by Gasteiger charge is 2.21. The Hall–Kier alpha value is -1.62. The van der Waals surface area contributed by atoms with Gasteiger partial charge in [-0.15, -0.1) is 6.58 Å². The van der Waals surface area contributed by atoms with E-state index in [4.69, 9.17) is 0 Å². The zero-order valence-electron chi connectivity index (χ0n) is 9.67. The van der Waals surface area contributed by atoms with Crippen molar-refractivity contribution in [1.29, 1.82) is 0 Å². The maximum absolute atomic E-state index is 12.0. The molecule has 0 aromatic heterocycles. The van der Waals surface area contributed by atoms with Crippen molar-refractivity contribution < 1.29 is 13.2 Å². The fourth-order valence-electron chi connectivity index (χ4n) is 1.29. The predicted octanol–water partition coefficient (Wildman–Crippen LogP) is 1.72. The van der Waals surface area contributed by atoms with Crippen LogP contribution in [0.25, 0.3) is 0 Å². The van der Waals surface area contributed by atoms with Crippen LogP contribution in [0, 0.1) is 6.92 Å². The van der Waals surface area contributed by atoms with E-state index in [0.29, 0.717) is 12.8 Å². The molecule has 0 saturated heterocycles. The first-order valence-corrected chi connectivity index (χ1v) is 6.61. The van der Waals surface area contributed by atoms with E-state index >= 15 is 0 Å². The van der Waals surface area contributed by atoms with Crippen LogP contribution in [0.1, 0.15) is 12.0 Å². The summed E-state index contributed by atoms with van der Waals surface area (Å²) in [5.74, 6) is 0. The second kappa shape index (κ2) is 5.63. The number of carbonyl (C=O) groups is 1. The molecule has 5 heteroatoms. The fourth-order valence-corrected chi connectivity index (χ4v) is 2.50. The maximum Gasteiger partial charge on any atom is 0.266 e. The van der Waals surface area contributed by atoms with Gasteiger partial charge in [-0.2, -0.15) is 0 Å². The average molecular weight is 253 g/mol. The van der Waals surface area contributed by atoms with Gasteiger partial charge in [0, 0.05) is 6.54 Å². The standard InChI is InChI=1S/C12H15NO3S/c1-3-4-9-13(10-14)17(15,16)12-7-5-11(2)6-8-12/h3,5-8,10H,1,4,9H2,2H3. The molecule has 0 saturated carbocycles. The van der Waals surface area contributed by atoms with Gasteiger partial charge < -0.3 is 0 Å². The molecule has 1 rings (SSSR count). The van der Waals surface area contributed by atoms with Crippen molar-refractivity contribution in [2.24, 2.45) is 0 Å². The second-order valence-corrected chi connectivity index (χ2v) is 5.50. The van der Waals surface area contributed by atoms with E-state index in [-0.39, 0.29) is 11.4 Å². The molecule has 17 heavy (non-hydrogen) atoms. The first-order chi connectivity index (χ1) is 8.02. The van der Waals surface area contributed by atoms with Gasteiger partial charge in [-0.05, 0) is 25.5 Å². The Bertz CT molecular complexity index is 491. The van der Waals surface area contributed by atoms with Crippen LogP contribution in [0.2, 0.25) is 0 Å². The largest absolute Gasteiger partial charge is 0.278 e. The van der Waals surface area contributed by atoms with E-state index in [9.17, 15) is 13.2 Å². The summed E-state index contributed by atoms with van der Waals surface area (Å²) in [4.78, 5) is 10.9. The Labute approximate surface area is 102 Å². The van der Waals surface area contributed by atoms with Crippen LogP contribution in [0.4, 0.5) is 0 Å². The van der Waals surface area contributed by atoms with Crippen LogP contribution >= 0.6 is 0 Å². The van der Waals surface area contributed by atoms with E-state index in [0.717, 1.165) is 9.87 Å². The third-order valence-electron chi connectivity index (χ3n) is 2.30. The Balaban J connectivity index is 3.03. The molecule has 0 radical (unpaired) electrons. The highest BCUT2D eigenvalue weighted by molar-refractivity contribution is 7.89. The van der Waals surface area contributed by atoms with Gasteiger partial charge in [-0.3, -0.25) is 4.79 Å². The zero-order chi connectivity index (χ0) is 12.9. The Morgan fingerprint density at radius 3 is 2.35 bits per heavy atom. The number of sulfonamides is 1. The maximum atomic E-state index is 12.0. The van der Waals surface area contributed by atoms with Crippen LogP contribution in [0.15, 0.2) is 41.8 Å². The highest BCUT2D eigenvalue weighted by atomic mass is 32.2. The molecule has 0 aliphatic heterocycles. The summed E-state index contributed by atoms with van der Waals surface area (Å²) in [5.41, 5.74) is 0.965. The molecule has 1 amide bonds. The molecule has 92 valence electrons. The Kier molecular flexibility index (Phi) is 4.45. The van der Waals surface area contributed by atoms with Crippen molar-refractivity contribution in [3.63, 3.8) is 0 Å². The third kappa shape index (κ3) is 3.17. The van der Waals surface area contributed by atoms with Crippen LogP contribution in [0.5, 0.6) is 0 Å². The summed E-state index contributed by atoms with van der Waals surface area (Å²) in [6.07, 6.45) is 2.34. The molecule has 0 aliphatic rings. The predicted molar refractivity (Wildman–Crippen MR) is 65.9 cm³/mol. The topological polar surface area (TPSA) is 54.5 Å². The van der Waals surface area contributed by atoms with Crippen molar-refractivity contribution in [1.82, 2.24) is 4.31 Å². The number of aryl methyl sites for hydroxylation is 1. The number of benzene rings is 1. The zero-order valence-corrected chi connectivity index (χ0v) is 10.5. The van der Waals surface area contributed by atoms with Crippen molar-refractivity contribution in [2.45, 2.75) is 18.2 Å². The fraction of sp³-hybridized carbons (Fsp3) is 0.250. The van der Waals surface area contributed by atoms with Crippen molar-refractivity contribution in [3.05, 3.63) is 42.5 Å². The summed E-state index contributed by atoms with van der Waals surface area (Å²) in [7, 11) is -3.72. The number of nitrogens with zero attached hydrogens (tertiary/aromatic N) is 1. The molecule has 0 bridgehead atoms. The number of hydrogen-bond donors (Lipinski definition) is 0. The van der Waals surface area contributed by atoms with Gasteiger partial charge in [0.15, 0.2) is 0 Å². The van der Waals surface area contributed by atoms with Gasteiger partial charge in [0.05, 0.1) is 4.90 Å². The number of carbonyl (C=O) groups excluding carboxylic acids is 1. The summed E-state index contributed by atoms with van der Waals surface area (Å²) in [6, 6.07) is 6.39. The summed E-state index contributed by atoms with van der Waals surface area (Å²) in [5, 5.41) is 0. The smallest absolute Gasteiger partial charge is 0.266 e. The van der Waals surface area contributed by atoms with E-state index in [1.54, 1.807) is 18.2 Å². The first-order valence-electron chi connectivity index (χ1n) is 5.17. The van der Waals surface area contributed by atoms with E-state index in [2.05, 4.69) is 6.58 Å². The van der Waals surface area contributed by atoms with Crippen LogP contribution in [-0.2, 0) is 14.8 Å². The summed E-state index contributed by atoms with van der Waals surface area (Å²) >= 11 is 0. The lowest BCUT2D eigenvalue weighted by atomic mass is 10.2. The molecule has 0 spiro atoms. The summed E-state index contributed by atoms with van der Waals surface area (Å²) in [6.45, 7) is 5.48. The summed E-state index contributed by atoms with van der Waals surface area (Å²) < 4.78 is 24.9. The Morgan fingerprint density at radius 2 is 1.88 bits per heavy atom. The number of hydrogen-bond acceptors (Lipinski definition) is 3. The van der Waals surface area contributed by atoms with Crippen LogP contribution in [0.3, 0.4) is 0 Å². The highest BCUT2D eigenvalue weighted by Crippen LogP contribution is 2.15. The SMILES string of the molecule is C=CCCN(C=O)S(=O)(=O)c1ccc(C)cc1. The van der Waals surface area contributed by atoms with Gasteiger partial charge in [0.25, 0.3) is 10.0 Å². The molecule has 0 aliphatic carbocycles. The number of rotatable bonds is 6. The lowest BCUT2D eigenvalue weighted by Gasteiger charge is -2.16. The molecule has 0 atom stereocenters. The minimum atomic E-state index is -3.72. The van der Waals surface area contributed by atoms with Gasteiger partial charge in [0.1, 0.15) is 0 Å². The third-order valence-corrected chi connectivity index (χ3v) is 4.05. The van der Waals surface area contributed by atoms with E-state index < -0.39 is 10.0 Å². The molecule has 0 heterocycles. The molecular formula is C12H15NO3S. The van der Waals surface area contributed by atoms with Crippen molar-refractivity contribution in [3.8, 4) is 0 Å². The van der Waals surface area contributed by atoms with Gasteiger partial charge in [-0.1, -0.05) is 23.8 Å². The average Bonchev–Trinajstić information content (AvgIpc) is 2.30. The lowest BCUT2D eigenvalue weighted by Crippen LogP contribution is -2.30. The number of amides is 1. The van der Waals surface area contributed by atoms with Crippen LogP contribution in [-0.4, -0.2) is 25.7 Å². The molecule has 0 fully saturated rings. The minimum absolute atomic E-state index is 0.114. The molecule has 1 aromatic carbocycles. The molecule has 0 unspecified atom stereocenters. The lowest BCUT2D eigenvalue weighted by molar-refractivity contribution is -0.114. The molecule has 0 N–H and O–H groups in total. The first kappa shape index (κ1) is 13.4. The van der Waals surface area contributed by atoms with Crippen LogP contribution < -0.4 is 0 Å². The van der Waals surface area contributed by atoms with E-state index in [1.807, 2.05) is 6.92 Å². The molecule has 1 aromatic rings. The Morgan fingerprint density at radius 1 is 1.29 bits per heavy atom. The second-order valence-electron chi connectivity index (χ2n) is 3.61. The van der Waals surface area contributed by atoms with Crippen molar-refractivity contribution in [2.75, 3.05) is 6.54 Å². The van der Waals surface area contributed by atoms with Gasteiger partial charge in [0.2, 0.25) is 6.41 Å². The van der Waals surface area contributed by atoms with Gasteiger partial charge >= 0.3 is 0 Å². The van der Waals surface area contributed by atoms with Crippen molar-refractivity contribution >= 4 is 16.4 Å². The van der Waals surface area contributed by atoms with Gasteiger partial charge in [-0.25, -0.2) is 12.7 Å². The minimum Gasteiger partial charge on any atom is -0.278 e. The normalized spacial score (nSPS) is 10.9. The molecule has 4 nitrogen and oxygen atoms in total. The molecular weight excluding hydrogens is 238 g/mol.